The Labute approximate surface area is 92.5 Å². The molecule has 0 fully saturated rings. The molecule has 1 rings (SSSR count). The first-order valence-electron chi connectivity index (χ1n) is 4.66. The Hall–Kier alpha value is -1.07. The van der Waals surface area contributed by atoms with E-state index in [4.69, 9.17) is 5.11 Å². The number of nitro benzene ring substituents is 1. The number of non-ortho nitro benzene ring substituents is 1. The molecule has 0 radical (unpaired) electrons. The van der Waals surface area contributed by atoms with E-state index in [9.17, 15) is 10.1 Å². The molecule has 5 heteroatoms. The summed E-state index contributed by atoms with van der Waals surface area (Å²) in [5, 5.41) is 19.1. The van der Waals surface area contributed by atoms with Crippen LogP contribution in [0.1, 0.15) is 12.0 Å². The highest BCUT2D eigenvalue weighted by Gasteiger charge is 2.04. The lowest BCUT2D eigenvalue weighted by atomic mass is 10.2. The second-order valence-corrected chi connectivity index (χ2v) is 4.16. The van der Waals surface area contributed by atoms with E-state index in [0.29, 0.717) is 0 Å². The number of aliphatic hydroxyl groups excluding tert-OH is 1. The summed E-state index contributed by atoms with van der Waals surface area (Å²) < 4.78 is 0. The van der Waals surface area contributed by atoms with Gasteiger partial charge in [-0.2, -0.15) is 11.8 Å². The van der Waals surface area contributed by atoms with Crippen molar-refractivity contribution in [3.8, 4) is 0 Å². The van der Waals surface area contributed by atoms with E-state index in [1.165, 1.54) is 6.07 Å². The Balaban J connectivity index is 2.47. The molecule has 1 aromatic rings. The number of aliphatic hydroxyl groups is 1. The van der Waals surface area contributed by atoms with Crippen LogP contribution in [0, 0.1) is 10.1 Å². The van der Waals surface area contributed by atoms with Crippen LogP contribution in [0.3, 0.4) is 0 Å². The molecule has 82 valence electrons. The van der Waals surface area contributed by atoms with Crippen molar-refractivity contribution >= 4 is 17.4 Å². The highest BCUT2D eigenvalue weighted by atomic mass is 32.2. The van der Waals surface area contributed by atoms with Crippen molar-refractivity contribution in [2.75, 3.05) is 12.4 Å². The lowest BCUT2D eigenvalue weighted by Crippen LogP contribution is -1.90. The van der Waals surface area contributed by atoms with E-state index in [1.54, 1.807) is 23.9 Å². The number of rotatable bonds is 6. The largest absolute Gasteiger partial charge is 0.396 e. The molecule has 0 saturated carbocycles. The molecular weight excluding hydrogens is 214 g/mol. The van der Waals surface area contributed by atoms with E-state index >= 15 is 0 Å². The average Bonchev–Trinajstić information content (AvgIpc) is 2.25. The summed E-state index contributed by atoms with van der Waals surface area (Å²) >= 11 is 1.67. The lowest BCUT2D eigenvalue weighted by molar-refractivity contribution is -0.384. The molecule has 0 amide bonds. The summed E-state index contributed by atoms with van der Waals surface area (Å²) in [6, 6.07) is 6.65. The molecule has 0 aliphatic carbocycles. The van der Waals surface area contributed by atoms with Crippen molar-refractivity contribution in [2.24, 2.45) is 0 Å². The van der Waals surface area contributed by atoms with E-state index in [-0.39, 0.29) is 17.2 Å². The normalized spacial score (nSPS) is 10.2. The Morgan fingerprint density at radius 3 is 2.93 bits per heavy atom. The van der Waals surface area contributed by atoms with Gasteiger partial charge in [-0.15, -0.1) is 0 Å². The molecule has 0 spiro atoms. The Bertz CT molecular complexity index is 330. The van der Waals surface area contributed by atoms with Crippen LogP contribution in [-0.4, -0.2) is 22.4 Å². The Kier molecular flexibility index (Phi) is 5.14. The van der Waals surface area contributed by atoms with Crippen molar-refractivity contribution < 1.29 is 10.0 Å². The highest BCUT2D eigenvalue weighted by molar-refractivity contribution is 7.98. The summed E-state index contributed by atoms with van der Waals surface area (Å²) in [5.74, 6) is 1.63. The van der Waals surface area contributed by atoms with E-state index in [0.717, 1.165) is 23.5 Å². The smallest absolute Gasteiger partial charge is 0.269 e. The average molecular weight is 227 g/mol. The van der Waals surface area contributed by atoms with Crippen LogP contribution in [0.4, 0.5) is 5.69 Å². The minimum atomic E-state index is -0.387. The quantitative estimate of drug-likeness (QED) is 0.460. The van der Waals surface area contributed by atoms with Crippen LogP contribution in [0.15, 0.2) is 24.3 Å². The van der Waals surface area contributed by atoms with Gasteiger partial charge in [0, 0.05) is 24.5 Å². The number of nitro groups is 1. The van der Waals surface area contributed by atoms with Crippen LogP contribution in [0.5, 0.6) is 0 Å². The van der Waals surface area contributed by atoms with Gasteiger partial charge in [0.15, 0.2) is 0 Å². The molecule has 4 nitrogen and oxygen atoms in total. The van der Waals surface area contributed by atoms with Gasteiger partial charge in [-0.05, 0) is 17.7 Å². The highest BCUT2D eigenvalue weighted by Crippen LogP contribution is 2.18. The van der Waals surface area contributed by atoms with Gasteiger partial charge in [-0.1, -0.05) is 12.1 Å². The van der Waals surface area contributed by atoms with E-state index in [1.807, 2.05) is 6.07 Å². The number of hydrogen-bond acceptors (Lipinski definition) is 4. The zero-order valence-electron chi connectivity index (χ0n) is 8.26. The maximum absolute atomic E-state index is 10.5. The van der Waals surface area contributed by atoms with Gasteiger partial charge in [-0.25, -0.2) is 0 Å². The SMILES string of the molecule is O=[N+]([O-])c1cccc(CSCCCO)c1. The number of thioether (sulfide) groups is 1. The van der Waals surface area contributed by atoms with Gasteiger partial charge in [0.2, 0.25) is 0 Å². The molecule has 0 heterocycles. The Morgan fingerprint density at radius 2 is 2.27 bits per heavy atom. The first kappa shape index (κ1) is 12.0. The second-order valence-electron chi connectivity index (χ2n) is 3.06. The van der Waals surface area contributed by atoms with Crippen molar-refractivity contribution in [1.82, 2.24) is 0 Å². The third kappa shape index (κ3) is 4.31. The minimum absolute atomic E-state index is 0.134. The van der Waals surface area contributed by atoms with Gasteiger partial charge >= 0.3 is 0 Å². The van der Waals surface area contributed by atoms with Gasteiger partial charge < -0.3 is 5.11 Å². The first-order valence-corrected chi connectivity index (χ1v) is 5.81. The lowest BCUT2D eigenvalue weighted by Gasteiger charge is -2.00. The molecule has 1 N–H and O–H groups in total. The van der Waals surface area contributed by atoms with Gasteiger partial charge in [0.1, 0.15) is 0 Å². The molecule has 1 aromatic carbocycles. The predicted octanol–water partition coefficient (Wildman–Crippen LogP) is 2.21. The van der Waals surface area contributed by atoms with E-state index < -0.39 is 0 Å². The fraction of sp³-hybridized carbons (Fsp3) is 0.400. The third-order valence-corrected chi connectivity index (χ3v) is 2.95. The molecule has 0 aliphatic rings. The van der Waals surface area contributed by atoms with Crippen molar-refractivity contribution in [1.29, 1.82) is 0 Å². The molecule has 0 unspecified atom stereocenters. The summed E-state index contributed by atoms with van der Waals surface area (Å²) in [7, 11) is 0. The van der Waals surface area contributed by atoms with Crippen LogP contribution < -0.4 is 0 Å². The topological polar surface area (TPSA) is 63.4 Å². The van der Waals surface area contributed by atoms with Crippen molar-refractivity contribution in [2.45, 2.75) is 12.2 Å². The maximum atomic E-state index is 10.5. The summed E-state index contributed by atoms with van der Waals surface area (Å²) in [6.45, 7) is 0.196. The molecule has 0 atom stereocenters. The molecule has 0 aromatic heterocycles. The second kappa shape index (κ2) is 6.42. The van der Waals surface area contributed by atoms with Gasteiger partial charge in [0.25, 0.3) is 5.69 Å². The number of hydrogen-bond donors (Lipinski definition) is 1. The molecule has 15 heavy (non-hydrogen) atoms. The summed E-state index contributed by atoms with van der Waals surface area (Å²) in [6.07, 6.45) is 0.763. The Morgan fingerprint density at radius 1 is 1.47 bits per heavy atom. The van der Waals surface area contributed by atoms with Gasteiger partial charge in [0.05, 0.1) is 4.92 Å². The molecule has 0 saturated heterocycles. The maximum Gasteiger partial charge on any atom is 0.269 e. The minimum Gasteiger partial charge on any atom is -0.396 e. The van der Waals surface area contributed by atoms with Gasteiger partial charge in [-0.3, -0.25) is 10.1 Å². The first-order chi connectivity index (χ1) is 7.24. The van der Waals surface area contributed by atoms with Crippen LogP contribution in [-0.2, 0) is 5.75 Å². The monoisotopic (exact) mass is 227 g/mol. The van der Waals surface area contributed by atoms with Crippen molar-refractivity contribution in [3.63, 3.8) is 0 Å². The molecule has 0 aliphatic heterocycles. The molecule has 0 bridgehead atoms. The zero-order chi connectivity index (χ0) is 11.1. The van der Waals surface area contributed by atoms with Crippen molar-refractivity contribution in [3.05, 3.63) is 39.9 Å². The zero-order valence-corrected chi connectivity index (χ0v) is 9.07. The van der Waals surface area contributed by atoms with E-state index in [2.05, 4.69) is 0 Å². The summed E-state index contributed by atoms with van der Waals surface area (Å²) in [4.78, 5) is 10.1. The molecular formula is C10H13NO3S. The van der Waals surface area contributed by atoms with Crippen LogP contribution in [0.2, 0.25) is 0 Å². The third-order valence-electron chi connectivity index (χ3n) is 1.84. The van der Waals surface area contributed by atoms with Crippen LogP contribution >= 0.6 is 11.8 Å². The number of nitrogens with zero attached hydrogens (tertiary/aromatic N) is 1. The predicted molar refractivity (Wildman–Crippen MR) is 61.0 cm³/mol. The standard InChI is InChI=1S/C10H13NO3S/c12-5-2-6-15-8-9-3-1-4-10(7-9)11(13)14/h1,3-4,7,12H,2,5-6,8H2. The fourth-order valence-corrected chi connectivity index (χ4v) is 2.01. The number of benzene rings is 1. The summed E-state index contributed by atoms with van der Waals surface area (Å²) in [5.41, 5.74) is 1.09. The van der Waals surface area contributed by atoms with Crippen LogP contribution in [0.25, 0.3) is 0 Å². The fourth-order valence-electron chi connectivity index (χ4n) is 1.12.